The summed E-state index contributed by atoms with van der Waals surface area (Å²) < 4.78 is 0. The van der Waals surface area contributed by atoms with E-state index in [1.165, 1.54) is 30.3 Å². The lowest BCUT2D eigenvalue weighted by atomic mass is 9.81. The number of imide groups is 1. The van der Waals surface area contributed by atoms with E-state index in [1.807, 2.05) is 0 Å². The molecule has 1 aliphatic heterocycles. The molecule has 0 radical (unpaired) electrons. The smallest absolute Gasteiger partial charge is 0.274 e. The van der Waals surface area contributed by atoms with E-state index < -0.39 is 41.9 Å². The molecule has 9 heteroatoms. The molecule has 1 aliphatic carbocycles. The Kier molecular flexibility index (Phi) is 6.56. The van der Waals surface area contributed by atoms with Gasteiger partial charge in [0, 0.05) is 10.6 Å². The fraction of sp³-hybridized carbons (Fsp3) is 0.304. The average Bonchev–Trinajstić information content (AvgIpc) is 3.02. The molecule has 1 saturated heterocycles. The van der Waals surface area contributed by atoms with Crippen LogP contribution in [0.3, 0.4) is 0 Å². The standard InChI is InChI=1S/C23H19Cl3N2O4/c24-13-9-10-16(19(26)11-13)20(29)12-27(21(30)17-7-3-4-8-18(17)25)28-22(31)14-5-1-2-6-15(14)23(28)32/h3-4,7-11,14-15H,1-2,5-6,12H2/t14-,15+. The van der Waals surface area contributed by atoms with Crippen LogP contribution in [0.5, 0.6) is 0 Å². The van der Waals surface area contributed by atoms with E-state index in [9.17, 15) is 19.2 Å². The number of halogens is 3. The molecule has 1 heterocycles. The molecule has 2 atom stereocenters. The summed E-state index contributed by atoms with van der Waals surface area (Å²) >= 11 is 18.3. The van der Waals surface area contributed by atoms with Crippen LogP contribution in [-0.2, 0) is 9.59 Å². The third-order valence-electron chi connectivity index (χ3n) is 5.92. The fourth-order valence-electron chi connectivity index (χ4n) is 4.33. The topological polar surface area (TPSA) is 74.8 Å². The molecule has 0 spiro atoms. The van der Waals surface area contributed by atoms with Crippen molar-refractivity contribution >= 4 is 58.3 Å². The summed E-state index contributed by atoms with van der Waals surface area (Å²) in [5.74, 6) is -3.14. The first kappa shape index (κ1) is 22.8. The maximum atomic E-state index is 13.4. The molecule has 3 amide bonds. The first-order chi connectivity index (χ1) is 15.3. The van der Waals surface area contributed by atoms with E-state index in [4.69, 9.17) is 34.8 Å². The lowest BCUT2D eigenvalue weighted by Gasteiger charge is -2.30. The third kappa shape index (κ3) is 4.15. The number of carbonyl (C=O) groups excluding carboxylic acids is 4. The number of hydrogen-bond donors (Lipinski definition) is 0. The molecule has 6 nitrogen and oxygen atoms in total. The molecule has 2 fully saturated rings. The molecule has 2 aromatic carbocycles. The normalized spacial score (nSPS) is 20.3. The highest BCUT2D eigenvalue weighted by molar-refractivity contribution is 6.37. The Morgan fingerprint density at radius 1 is 0.875 bits per heavy atom. The number of hydrazine groups is 1. The molecule has 2 aromatic rings. The van der Waals surface area contributed by atoms with Gasteiger partial charge in [0.05, 0.1) is 27.4 Å². The van der Waals surface area contributed by atoms with Gasteiger partial charge in [-0.15, -0.1) is 0 Å². The van der Waals surface area contributed by atoms with Crippen molar-refractivity contribution < 1.29 is 19.2 Å². The van der Waals surface area contributed by atoms with Crippen LogP contribution in [0.4, 0.5) is 0 Å². The average molecular weight is 494 g/mol. The molecular formula is C23H19Cl3N2O4. The van der Waals surface area contributed by atoms with Crippen molar-refractivity contribution in [2.75, 3.05) is 6.54 Å². The van der Waals surface area contributed by atoms with Crippen LogP contribution >= 0.6 is 34.8 Å². The zero-order valence-electron chi connectivity index (χ0n) is 16.9. The van der Waals surface area contributed by atoms with Gasteiger partial charge in [-0.05, 0) is 43.2 Å². The van der Waals surface area contributed by atoms with E-state index in [1.54, 1.807) is 12.1 Å². The molecule has 32 heavy (non-hydrogen) atoms. The number of amides is 3. The van der Waals surface area contributed by atoms with Crippen molar-refractivity contribution in [3.05, 3.63) is 68.7 Å². The van der Waals surface area contributed by atoms with Crippen molar-refractivity contribution in [2.45, 2.75) is 25.7 Å². The van der Waals surface area contributed by atoms with Crippen molar-refractivity contribution in [1.29, 1.82) is 0 Å². The van der Waals surface area contributed by atoms with Crippen molar-refractivity contribution in [1.82, 2.24) is 10.0 Å². The monoisotopic (exact) mass is 492 g/mol. The Morgan fingerprint density at radius 3 is 2.09 bits per heavy atom. The summed E-state index contributed by atoms with van der Waals surface area (Å²) in [4.78, 5) is 52.9. The molecule has 166 valence electrons. The zero-order valence-corrected chi connectivity index (χ0v) is 19.2. The second kappa shape index (κ2) is 9.22. The molecule has 0 aromatic heterocycles. The zero-order chi connectivity index (χ0) is 23.0. The van der Waals surface area contributed by atoms with Crippen molar-refractivity contribution in [2.24, 2.45) is 11.8 Å². The second-order valence-electron chi connectivity index (χ2n) is 7.88. The lowest BCUT2D eigenvalue weighted by molar-refractivity contribution is -0.154. The van der Waals surface area contributed by atoms with E-state index >= 15 is 0 Å². The molecular weight excluding hydrogens is 475 g/mol. The Bertz CT molecular complexity index is 1100. The Labute approximate surface area is 200 Å². The first-order valence-electron chi connectivity index (χ1n) is 10.2. The van der Waals surface area contributed by atoms with Gasteiger partial charge in [0.1, 0.15) is 6.54 Å². The maximum absolute atomic E-state index is 13.4. The third-order valence-corrected chi connectivity index (χ3v) is 6.80. The predicted molar refractivity (Wildman–Crippen MR) is 121 cm³/mol. The number of benzene rings is 2. The molecule has 1 saturated carbocycles. The quantitative estimate of drug-likeness (QED) is 0.431. The lowest BCUT2D eigenvalue weighted by Crippen LogP contribution is -2.52. The van der Waals surface area contributed by atoms with Crippen LogP contribution in [0.2, 0.25) is 15.1 Å². The fourth-order valence-corrected chi connectivity index (χ4v) is 5.06. The van der Waals surface area contributed by atoms with Gasteiger partial charge in [0.25, 0.3) is 17.7 Å². The summed E-state index contributed by atoms with van der Waals surface area (Å²) in [5.41, 5.74) is 0.212. The highest BCUT2D eigenvalue weighted by Gasteiger charge is 2.52. The van der Waals surface area contributed by atoms with Gasteiger partial charge in [0.15, 0.2) is 5.78 Å². The summed E-state index contributed by atoms with van der Waals surface area (Å²) in [7, 11) is 0. The van der Waals surface area contributed by atoms with Crippen LogP contribution in [0.25, 0.3) is 0 Å². The molecule has 0 N–H and O–H groups in total. The number of hydrogen-bond acceptors (Lipinski definition) is 4. The number of ketones is 1. The SMILES string of the molecule is O=C(CN(C(=O)c1ccccc1Cl)N1C(=O)[C@H]2CCCC[C@H]2C1=O)c1ccc(Cl)cc1Cl. The number of carbonyl (C=O) groups is 4. The number of rotatable bonds is 5. The molecule has 2 aliphatic rings. The minimum Gasteiger partial charge on any atom is -0.292 e. The van der Waals surface area contributed by atoms with Crippen LogP contribution in [0.1, 0.15) is 46.4 Å². The van der Waals surface area contributed by atoms with Crippen LogP contribution in [0.15, 0.2) is 42.5 Å². The molecule has 4 rings (SSSR count). The van der Waals surface area contributed by atoms with Crippen LogP contribution < -0.4 is 0 Å². The summed E-state index contributed by atoms with van der Waals surface area (Å²) in [6, 6.07) is 10.6. The van der Waals surface area contributed by atoms with Crippen LogP contribution in [-0.4, -0.2) is 40.1 Å². The first-order valence-corrected chi connectivity index (χ1v) is 11.4. The Morgan fingerprint density at radius 2 is 1.50 bits per heavy atom. The highest BCUT2D eigenvalue weighted by atomic mass is 35.5. The van der Waals surface area contributed by atoms with Crippen LogP contribution in [0, 0.1) is 11.8 Å². The van der Waals surface area contributed by atoms with Crippen molar-refractivity contribution in [3.8, 4) is 0 Å². The maximum Gasteiger partial charge on any atom is 0.274 e. The van der Waals surface area contributed by atoms with Gasteiger partial charge >= 0.3 is 0 Å². The molecule has 0 bridgehead atoms. The van der Waals surface area contributed by atoms with Gasteiger partial charge in [-0.1, -0.05) is 59.8 Å². The minimum absolute atomic E-state index is 0.0830. The van der Waals surface area contributed by atoms with E-state index in [-0.39, 0.29) is 21.2 Å². The largest absolute Gasteiger partial charge is 0.292 e. The van der Waals surface area contributed by atoms with Crippen molar-refractivity contribution in [3.63, 3.8) is 0 Å². The Hall–Kier alpha value is -2.41. The second-order valence-corrected chi connectivity index (χ2v) is 9.13. The van der Waals surface area contributed by atoms with E-state index in [0.717, 1.165) is 22.9 Å². The summed E-state index contributed by atoms with van der Waals surface area (Å²) in [6.07, 6.45) is 2.84. The Balaban J connectivity index is 1.72. The minimum atomic E-state index is -0.714. The van der Waals surface area contributed by atoms with Gasteiger partial charge in [-0.25, -0.2) is 5.01 Å². The van der Waals surface area contributed by atoms with E-state index in [0.29, 0.717) is 17.9 Å². The van der Waals surface area contributed by atoms with Gasteiger partial charge in [-0.2, -0.15) is 5.01 Å². The van der Waals surface area contributed by atoms with Gasteiger partial charge in [0.2, 0.25) is 0 Å². The summed E-state index contributed by atoms with van der Waals surface area (Å²) in [6.45, 7) is -0.553. The van der Waals surface area contributed by atoms with Gasteiger partial charge in [-0.3, -0.25) is 19.2 Å². The molecule has 0 unspecified atom stereocenters. The predicted octanol–water partition coefficient (Wildman–Crippen LogP) is 5.06. The van der Waals surface area contributed by atoms with Gasteiger partial charge < -0.3 is 0 Å². The highest BCUT2D eigenvalue weighted by Crippen LogP contribution is 2.39. The number of fused-ring (bicyclic) bond motifs is 1. The number of Topliss-reactive ketones (excluding diaryl/α,β-unsaturated/α-hetero) is 1. The summed E-state index contributed by atoms with van der Waals surface area (Å²) in [5, 5.41) is 2.35. The number of nitrogens with zero attached hydrogens (tertiary/aromatic N) is 2. The van der Waals surface area contributed by atoms with E-state index in [2.05, 4.69) is 0 Å².